The Morgan fingerprint density at radius 3 is 2.55 bits per heavy atom. The standard InChI is InChI=1S/C5H9NO4S/c7-5-2-1-3-6(5)4-11(8,9)10/h1-4H2,(H,8,9,10). The van der Waals surface area contributed by atoms with Crippen molar-refractivity contribution in [3.63, 3.8) is 0 Å². The van der Waals surface area contributed by atoms with Gasteiger partial charge < -0.3 is 4.90 Å². The van der Waals surface area contributed by atoms with Gasteiger partial charge in [-0.15, -0.1) is 0 Å². The smallest absolute Gasteiger partial charge is 0.283 e. The number of carbonyl (C=O) groups excluding carboxylic acids is 1. The number of hydrogen-bond donors (Lipinski definition) is 1. The van der Waals surface area contributed by atoms with Crippen LogP contribution in [0.3, 0.4) is 0 Å². The van der Waals surface area contributed by atoms with E-state index >= 15 is 0 Å². The Morgan fingerprint density at radius 2 is 2.18 bits per heavy atom. The molecule has 0 spiro atoms. The number of carbonyl (C=O) groups is 1. The van der Waals surface area contributed by atoms with Crippen LogP contribution in [-0.2, 0) is 14.9 Å². The number of hydrogen-bond acceptors (Lipinski definition) is 3. The molecule has 0 aromatic carbocycles. The summed E-state index contributed by atoms with van der Waals surface area (Å²) in [5.41, 5.74) is 0. The molecule has 1 N–H and O–H groups in total. The zero-order chi connectivity index (χ0) is 8.48. The van der Waals surface area contributed by atoms with Crippen LogP contribution in [0.1, 0.15) is 12.8 Å². The fraction of sp³-hybridized carbons (Fsp3) is 0.800. The van der Waals surface area contributed by atoms with Crippen LogP contribution in [0.2, 0.25) is 0 Å². The summed E-state index contributed by atoms with van der Waals surface area (Å²) >= 11 is 0. The molecule has 0 unspecified atom stereocenters. The molecule has 0 radical (unpaired) electrons. The van der Waals surface area contributed by atoms with Gasteiger partial charge in [0.1, 0.15) is 5.88 Å². The van der Waals surface area contributed by atoms with Gasteiger partial charge in [0, 0.05) is 13.0 Å². The lowest BCUT2D eigenvalue weighted by molar-refractivity contribution is -0.127. The Balaban J connectivity index is 2.57. The molecule has 0 aliphatic carbocycles. The Bertz CT molecular complexity index is 258. The molecule has 1 heterocycles. The summed E-state index contributed by atoms with van der Waals surface area (Å²) in [5.74, 6) is -0.770. The van der Waals surface area contributed by atoms with Gasteiger partial charge in [-0.1, -0.05) is 0 Å². The molecule has 6 heteroatoms. The Labute approximate surface area is 64.7 Å². The van der Waals surface area contributed by atoms with E-state index in [-0.39, 0.29) is 5.91 Å². The van der Waals surface area contributed by atoms with Gasteiger partial charge in [-0.25, -0.2) is 0 Å². The van der Waals surface area contributed by atoms with Crippen LogP contribution in [0.5, 0.6) is 0 Å². The van der Waals surface area contributed by atoms with Crippen LogP contribution >= 0.6 is 0 Å². The lowest BCUT2D eigenvalue weighted by atomic mass is 10.4. The lowest BCUT2D eigenvalue weighted by Gasteiger charge is -2.11. The average molecular weight is 179 g/mol. The molecule has 0 atom stereocenters. The van der Waals surface area contributed by atoms with Crippen LogP contribution in [0.15, 0.2) is 0 Å². The third-order valence-corrected chi connectivity index (χ3v) is 2.13. The molecule has 0 bridgehead atoms. The highest BCUT2D eigenvalue weighted by Gasteiger charge is 2.23. The summed E-state index contributed by atoms with van der Waals surface area (Å²) in [6, 6.07) is 0. The highest BCUT2D eigenvalue weighted by molar-refractivity contribution is 7.85. The normalized spacial score (nSPS) is 19.4. The van der Waals surface area contributed by atoms with Gasteiger partial charge in [0.05, 0.1) is 0 Å². The first-order chi connectivity index (χ1) is 4.99. The van der Waals surface area contributed by atoms with Crippen molar-refractivity contribution in [1.82, 2.24) is 4.90 Å². The molecule has 1 rings (SSSR count). The minimum Gasteiger partial charge on any atom is -0.326 e. The number of nitrogens with zero attached hydrogens (tertiary/aromatic N) is 1. The van der Waals surface area contributed by atoms with Crippen molar-refractivity contribution in [2.45, 2.75) is 12.8 Å². The monoisotopic (exact) mass is 179 g/mol. The summed E-state index contributed by atoms with van der Waals surface area (Å²) in [4.78, 5) is 11.9. The van der Waals surface area contributed by atoms with E-state index in [1.807, 2.05) is 0 Å². The van der Waals surface area contributed by atoms with Crippen molar-refractivity contribution in [3.05, 3.63) is 0 Å². The molecule has 0 aromatic rings. The van der Waals surface area contributed by atoms with Gasteiger partial charge in [-0.05, 0) is 6.42 Å². The maximum atomic E-state index is 10.8. The zero-order valence-electron chi connectivity index (χ0n) is 5.86. The molecular weight excluding hydrogens is 170 g/mol. The highest BCUT2D eigenvalue weighted by Crippen LogP contribution is 2.09. The third kappa shape index (κ3) is 2.47. The molecule has 11 heavy (non-hydrogen) atoms. The fourth-order valence-electron chi connectivity index (χ4n) is 1.04. The van der Waals surface area contributed by atoms with E-state index in [4.69, 9.17) is 4.55 Å². The van der Waals surface area contributed by atoms with Gasteiger partial charge in [0.2, 0.25) is 5.91 Å². The van der Waals surface area contributed by atoms with Crippen molar-refractivity contribution in [1.29, 1.82) is 0 Å². The molecule has 1 aliphatic rings. The SMILES string of the molecule is O=C1CCCN1CS(=O)(=O)O. The first kappa shape index (κ1) is 8.48. The molecule has 1 fully saturated rings. The summed E-state index contributed by atoms with van der Waals surface area (Å²) < 4.78 is 29.0. The van der Waals surface area contributed by atoms with Crippen LogP contribution < -0.4 is 0 Å². The largest absolute Gasteiger partial charge is 0.326 e. The second kappa shape index (κ2) is 2.78. The van der Waals surface area contributed by atoms with Gasteiger partial charge in [-0.3, -0.25) is 9.35 Å². The van der Waals surface area contributed by atoms with Gasteiger partial charge in [-0.2, -0.15) is 8.42 Å². The Morgan fingerprint density at radius 1 is 1.55 bits per heavy atom. The molecule has 64 valence electrons. The first-order valence-electron chi connectivity index (χ1n) is 3.22. The van der Waals surface area contributed by atoms with E-state index in [1.165, 1.54) is 0 Å². The number of rotatable bonds is 2. The number of amides is 1. The van der Waals surface area contributed by atoms with Gasteiger partial charge in [0.15, 0.2) is 0 Å². The van der Waals surface area contributed by atoms with E-state index in [0.717, 1.165) is 4.90 Å². The molecule has 0 aromatic heterocycles. The molecule has 1 saturated heterocycles. The fourth-order valence-corrected chi connectivity index (χ4v) is 1.70. The lowest BCUT2D eigenvalue weighted by Crippen LogP contribution is -2.30. The predicted molar refractivity (Wildman–Crippen MR) is 37.4 cm³/mol. The van der Waals surface area contributed by atoms with Crippen LogP contribution in [0.25, 0.3) is 0 Å². The van der Waals surface area contributed by atoms with E-state index in [0.29, 0.717) is 19.4 Å². The van der Waals surface area contributed by atoms with Crippen molar-refractivity contribution >= 4 is 16.0 Å². The minimum atomic E-state index is -4.04. The molecule has 0 saturated carbocycles. The quantitative estimate of drug-likeness (QED) is 0.577. The number of likely N-dealkylation sites (tertiary alicyclic amines) is 1. The molecular formula is C5H9NO4S. The summed E-state index contributed by atoms with van der Waals surface area (Å²) in [6.07, 6.45) is 1.06. The first-order valence-corrected chi connectivity index (χ1v) is 4.83. The summed E-state index contributed by atoms with van der Waals surface area (Å²) in [5, 5.41) is 0. The van der Waals surface area contributed by atoms with E-state index < -0.39 is 16.0 Å². The maximum absolute atomic E-state index is 10.8. The molecule has 5 nitrogen and oxygen atoms in total. The van der Waals surface area contributed by atoms with Crippen molar-refractivity contribution in [3.8, 4) is 0 Å². The Hall–Kier alpha value is -0.620. The average Bonchev–Trinajstić information content (AvgIpc) is 2.12. The van der Waals surface area contributed by atoms with Crippen molar-refractivity contribution in [2.75, 3.05) is 12.4 Å². The second-order valence-electron chi connectivity index (χ2n) is 2.47. The Kier molecular flexibility index (Phi) is 2.15. The van der Waals surface area contributed by atoms with E-state index in [2.05, 4.69) is 0 Å². The molecule has 1 amide bonds. The summed E-state index contributed by atoms with van der Waals surface area (Å²) in [7, 11) is -4.04. The highest BCUT2D eigenvalue weighted by atomic mass is 32.2. The van der Waals surface area contributed by atoms with Crippen LogP contribution in [0, 0.1) is 0 Å². The predicted octanol–water partition coefficient (Wildman–Crippen LogP) is -0.546. The van der Waals surface area contributed by atoms with E-state index in [9.17, 15) is 13.2 Å². The van der Waals surface area contributed by atoms with Crippen LogP contribution in [-0.4, -0.2) is 36.2 Å². The zero-order valence-corrected chi connectivity index (χ0v) is 6.67. The van der Waals surface area contributed by atoms with Gasteiger partial charge >= 0.3 is 0 Å². The maximum Gasteiger partial charge on any atom is 0.283 e. The van der Waals surface area contributed by atoms with Gasteiger partial charge in [0.25, 0.3) is 10.1 Å². The topological polar surface area (TPSA) is 74.7 Å². The molecule has 1 aliphatic heterocycles. The van der Waals surface area contributed by atoms with Crippen molar-refractivity contribution < 1.29 is 17.8 Å². The third-order valence-electron chi connectivity index (χ3n) is 1.49. The van der Waals surface area contributed by atoms with E-state index in [1.54, 1.807) is 0 Å². The minimum absolute atomic E-state index is 0.206. The van der Waals surface area contributed by atoms with Crippen molar-refractivity contribution in [2.24, 2.45) is 0 Å². The second-order valence-corrected chi connectivity index (χ2v) is 3.89. The van der Waals surface area contributed by atoms with Crippen LogP contribution in [0.4, 0.5) is 0 Å². The summed E-state index contributed by atoms with van der Waals surface area (Å²) in [6.45, 7) is 0.429.